The van der Waals surface area contributed by atoms with Crippen LogP contribution in [0.15, 0.2) is 42.1 Å². The summed E-state index contributed by atoms with van der Waals surface area (Å²) in [5.74, 6) is 1.84. The normalized spacial score (nSPS) is 11.4. The molecule has 24 heavy (non-hydrogen) atoms. The maximum Gasteiger partial charge on any atom is 0.191 e. The third-order valence-corrected chi connectivity index (χ3v) is 5.40. The summed E-state index contributed by atoms with van der Waals surface area (Å²) in [4.78, 5) is 0. The number of hydrogen-bond donors (Lipinski definition) is 0. The van der Waals surface area contributed by atoms with Crippen LogP contribution in [0.25, 0.3) is 0 Å². The molecule has 130 valence electrons. The number of halogens is 1. The first-order valence-corrected chi connectivity index (χ1v) is 10.5. The van der Waals surface area contributed by atoms with Gasteiger partial charge in [0.15, 0.2) is 11.0 Å². The van der Waals surface area contributed by atoms with Crippen molar-refractivity contribution in [2.24, 2.45) is 0 Å². The van der Waals surface area contributed by atoms with Gasteiger partial charge in [-0.3, -0.25) is 4.57 Å². The molecule has 0 radical (unpaired) electrons. The summed E-state index contributed by atoms with van der Waals surface area (Å²) >= 11 is 7.19. The molecular formula is C15H18ClN3O3S2. The average Bonchev–Trinajstić information content (AvgIpc) is 2.88. The number of hydrogen-bond acceptors (Lipinski definition) is 6. The Morgan fingerprint density at radius 3 is 2.67 bits per heavy atom. The molecule has 1 aromatic heterocycles. The monoisotopic (exact) mass is 387 g/mol. The minimum atomic E-state index is -3.00. The molecule has 0 aliphatic rings. The number of aromatic nitrogens is 3. The van der Waals surface area contributed by atoms with Crippen LogP contribution in [0.2, 0.25) is 5.02 Å². The van der Waals surface area contributed by atoms with E-state index in [9.17, 15) is 8.42 Å². The van der Waals surface area contributed by atoms with Gasteiger partial charge in [-0.05, 0) is 24.3 Å². The minimum absolute atomic E-state index is 0.0925. The van der Waals surface area contributed by atoms with Crippen molar-refractivity contribution in [3.05, 3.63) is 47.8 Å². The predicted molar refractivity (Wildman–Crippen MR) is 96.4 cm³/mol. The highest BCUT2D eigenvalue weighted by Crippen LogP contribution is 2.20. The Kier molecular flexibility index (Phi) is 6.70. The van der Waals surface area contributed by atoms with Gasteiger partial charge >= 0.3 is 0 Å². The Morgan fingerprint density at radius 1 is 1.33 bits per heavy atom. The Morgan fingerprint density at radius 2 is 2.04 bits per heavy atom. The van der Waals surface area contributed by atoms with E-state index in [1.54, 1.807) is 30.3 Å². The summed E-state index contributed by atoms with van der Waals surface area (Å²) in [7, 11) is -3.00. The van der Waals surface area contributed by atoms with Crippen molar-refractivity contribution >= 4 is 33.2 Å². The number of rotatable bonds is 9. The third kappa shape index (κ3) is 5.85. The molecule has 1 heterocycles. The van der Waals surface area contributed by atoms with E-state index >= 15 is 0 Å². The van der Waals surface area contributed by atoms with E-state index in [2.05, 4.69) is 16.8 Å². The molecule has 0 N–H and O–H groups in total. The number of thioether (sulfide) groups is 1. The highest BCUT2D eigenvalue weighted by Gasteiger charge is 2.13. The van der Waals surface area contributed by atoms with Crippen molar-refractivity contribution in [2.75, 3.05) is 17.8 Å². The van der Waals surface area contributed by atoms with Gasteiger partial charge in [0, 0.05) is 23.6 Å². The van der Waals surface area contributed by atoms with Gasteiger partial charge in [-0.15, -0.1) is 16.8 Å². The Hall–Kier alpha value is -1.51. The first kappa shape index (κ1) is 18.8. The second-order valence-electron chi connectivity index (χ2n) is 5.02. The SMILES string of the molecule is C=CCn1c(COc2ccc(Cl)cc2)nnc1SCCS(C)(=O)=O. The van der Waals surface area contributed by atoms with Crippen LogP contribution in [-0.4, -0.2) is 40.9 Å². The van der Waals surface area contributed by atoms with Crippen LogP contribution in [-0.2, 0) is 23.0 Å². The van der Waals surface area contributed by atoms with Crippen LogP contribution in [0.5, 0.6) is 5.75 Å². The fourth-order valence-corrected chi connectivity index (χ4v) is 4.10. The molecule has 0 spiro atoms. The molecule has 2 aromatic rings. The molecule has 0 unspecified atom stereocenters. The van der Waals surface area contributed by atoms with Crippen molar-refractivity contribution in [3.63, 3.8) is 0 Å². The number of allylic oxidation sites excluding steroid dienone is 1. The van der Waals surface area contributed by atoms with Crippen LogP contribution >= 0.6 is 23.4 Å². The molecule has 0 saturated carbocycles. The lowest BCUT2D eigenvalue weighted by Gasteiger charge is -2.09. The van der Waals surface area contributed by atoms with Gasteiger partial charge in [-0.2, -0.15) is 0 Å². The van der Waals surface area contributed by atoms with Gasteiger partial charge in [-0.25, -0.2) is 8.42 Å². The van der Waals surface area contributed by atoms with E-state index in [-0.39, 0.29) is 12.4 Å². The second-order valence-corrected chi connectivity index (χ2v) is 8.78. The number of ether oxygens (including phenoxy) is 1. The highest BCUT2D eigenvalue weighted by molar-refractivity contribution is 8.00. The molecule has 0 aliphatic carbocycles. The van der Waals surface area contributed by atoms with E-state index in [1.807, 2.05) is 4.57 Å². The van der Waals surface area contributed by atoms with Crippen LogP contribution < -0.4 is 4.74 Å². The summed E-state index contributed by atoms with van der Waals surface area (Å²) in [5.41, 5.74) is 0. The topological polar surface area (TPSA) is 74.1 Å². The first-order chi connectivity index (χ1) is 11.4. The zero-order valence-electron chi connectivity index (χ0n) is 13.2. The van der Waals surface area contributed by atoms with Gasteiger partial charge in [-0.1, -0.05) is 29.4 Å². The van der Waals surface area contributed by atoms with Crippen LogP contribution in [0.3, 0.4) is 0 Å². The number of sulfone groups is 1. The van der Waals surface area contributed by atoms with Gasteiger partial charge in [0.1, 0.15) is 22.2 Å². The van der Waals surface area contributed by atoms with E-state index < -0.39 is 9.84 Å². The maximum absolute atomic E-state index is 11.2. The van der Waals surface area contributed by atoms with Gasteiger partial charge in [0.05, 0.1) is 5.75 Å². The molecule has 9 heteroatoms. The minimum Gasteiger partial charge on any atom is -0.486 e. The van der Waals surface area contributed by atoms with Crippen LogP contribution in [0.1, 0.15) is 5.82 Å². The molecule has 0 atom stereocenters. The second kappa shape index (κ2) is 8.55. The Bertz CT molecular complexity index is 789. The Balaban J connectivity index is 2.03. The fourth-order valence-electron chi connectivity index (χ4n) is 1.81. The third-order valence-electron chi connectivity index (χ3n) is 2.97. The summed E-state index contributed by atoms with van der Waals surface area (Å²) in [6.45, 7) is 4.49. The quantitative estimate of drug-likeness (QED) is 0.486. The van der Waals surface area contributed by atoms with Crippen molar-refractivity contribution < 1.29 is 13.2 Å². The van der Waals surface area contributed by atoms with E-state index in [0.29, 0.717) is 34.1 Å². The number of nitrogens with zero attached hydrogens (tertiary/aromatic N) is 3. The molecule has 1 aromatic carbocycles. The van der Waals surface area contributed by atoms with Crippen molar-refractivity contribution in [1.82, 2.24) is 14.8 Å². The summed E-state index contributed by atoms with van der Waals surface area (Å²) in [6, 6.07) is 7.05. The fraction of sp³-hybridized carbons (Fsp3) is 0.333. The molecule has 0 bridgehead atoms. The zero-order chi connectivity index (χ0) is 17.6. The average molecular weight is 388 g/mol. The maximum atomic E-state index is 11.2. The molecule has 0 amide bonds. The zero-order valence-corrected chi connectivity index (χ0v) is 15.6. The highest BCUT2D eigenvalue weighted by atomic mass is 35.5. The van der Waals surface area contributed by atoms with Crippen molar-refractivity contribution in [1.29, 1.82) is 0 Å². The lowest BCUT2D eigenvalue weighted by Crippen LogP contribution is -2.09. The van der Waals surface area contributed by atoms with E-state index in [1.165, 1.54) is 18.0 Å². The number of benzene rings is 1. The molecule has 0 aliphatic heterocycles. The van der Waals surface area contributed by atoms with E-state index in [4.69, 9.17) is 16.3 Å². The van der Waals surface area contributed by atoms with Gasteiger partial charge in [0.2, 0.25) is 0 Å². The molecule has 0 saturated heterocycles. The summed E-state index contributed by atoms with van der Waals surface area (Å²) in [6.07, 6.45) is 2.95. The molecule has 0 fully saturated rings. The molecule has 6 nitrogen and oxygen atoms in total. The lowest BCUT2D eigenvalue weighted by atomic mass is 10.3. The predicted octanol–water partition coefficient (Wildman–Crippen LogP) is 2.83. The van der Waals surface area contributed by atoms with Crippen molar-refractivity contribution in [2.45, 2.75) is 18.3 Å². The first-order valence-electron chi connectivity index (χ1n) is 7.11. The molecular weight excluding hydrogens is 370 g/mol. The summed E-state index contributed by atoms with van der Waals surface area (Å²) < 4.78 is 30.0. The largest absolute Gasteiger partial charge is 0.486 e. The van der Waals surface area contributed by atoms with Crippen LogP contribution in [0, 0.1) is 0 Å². The van der Waals surface area contributed by atoms with E-state index in [0.717, 1.165) is 0 Å². The lowest BCUT2D eigenvalue weighted by molar-refractivity contribution is 0.289. The van der Waals surface area contributed by atoms with Gasteiger partial charge < -0.3 is 4.74 Å². The molecule has 2 rings (SSSR count). The standard InChI is InChI=1S/C15H18ClN3O3S2/c1-3-8-19-14(11-22-13-6-4-12(16)5-7-13)17-18-15(19)23-9-10-24(2,20)21/h3-7H,1,8-11H2,2H3. The smallest absolute Gasteiger partial charge is 0.191 e. The van der Waals surface area contributed by atoms with Crippen molar-refractivity contribution in [3.8, 4) is 5.75 Å². The van der Waals surface area contributed by atoms with Crippen LogP contribution in [0.4, 0.5) is 0 Å². The summed E-state index contributed by atoms with van der Waals surface area (Å²) in [5, 5.41) is 9.53. The van der Waals surface area contributed by atoms with Gasteiger partial charge in [0.25, 0.3) is 0 Å². The Labute approximate surface area is 150 Å².